The highest BCUT2D eigenvalue weighted by molar-refractivity contribution is 7.89. The number of carbonyl (C=O) groups is 1. The van der Waals surface area contributed by atoms with Gasteiger partial charge >= 0.3 is 0 Å². The maximum atomic E-state index is 13.3. The molecule has 0 saturated carbocycles. The summed E-state index contributed by atoms with van der Waals surface area (Å²) in [5, 5.41) is 2.94. The molecule has 36 heavy (non-hydrogen) atoms. The molecule has 4 rings (SSSR count). The lowest BCUT2D eigenvalue weighted by Crippen LogP contribution is -2.35. The van der Waals surface area contributed by atoms with Crippen LogP contribution in [0.5, 0.6) is 11.5 Å². The molecule has 0 unspecified atom stereocenters. The number of piperidine rings is 2. The lowest BCUT2D eigenvalue weighted by molar-refractivity contribution is -0.111. The van der Waals surface area contributed by atoms with Gasteiger partial charge in [0.15, 0.2) is 11.5 Å². The van der Waals surface area contributed by atoms with Gasteiger partial charge in [0.05, 0.1) is 30.5 Å². The van der Waals surface area contributed by atoms with Crippen molar-refractivity contribution in [1.29, 1.82) is 0 Å². The average Bonchev–Trinajstić information content (AvgIpc) is 2.92. The van der Waals surface area contributed by atoms with Gasteiger partial charge < -0.3 is 19.7 Å². The van der Waals surface area contributed by atoms with Gasteiger partial charge in [-0.25, -0.2) is 8.42 Å². The lowest BCUT2D eigenvalue weighted by atomic mass is 10.1. The molecule has 2 saturated heterocycles. The molecule has 0 aromatic heterocycles. The molecule has 0 bridgehead atoms. The smallest absolute Gasteiger partial charge is 0.248 e. The number of sulfonamides is 1. The minimum Gasteiger partial charge on any atom is -0.493 e. The van der Waals surface area contributed by atoms with Gasteiger partial charge in [0.25, 0.3) is 0 Å². The quantitative estimate of drug-likeness (QED) is 0.522. The normalized spacial score (nSPS) is 17.2. The van der Waals surface area contributed by atoms with Crippen LogP contribution in [0.3, 0.4) is 0 Å². The molecule has 2 aliphatic rings. The summed E-state index contributed by atoms with van der Waals surface area (Å²) >= 11 is 0. The Labute approximate surface area is 213 Å². The van der Waals surface area contributed by atoms with Crippen LogP contribution in [0.1, 0.15) is 44.1 Å². The van der Waals surface area contributed by atoms with Crippen LogP contribution in [0.15, 0.2) is 47.4 Å². The number of nitrogens with one attached hydrogen (secondary N) is 1. The standard InChI is InChI=1S/C27H35N3O5S/c1-34-25-13-9-21(19-26(25)35-2)10-14-27(31)28-23-20-22(36(32,33)30-17-7-4-8-18-30)11-12-24(23)29-15-5-3-6-16-29/h9-14,19-20H,3-8,15-18H2,1-2H3,(H,28,31). The first-order valence-electron chi connectivity index (χ1n) is 12.5. The van der Waals surface area contributed by atoms with E-state index in [4.69, 9.17) is 9.47 Å². The SMILES string of the molecule is COc1ccc(C=CC(=O)Nc2cc(S(=O)(=O)N3CCCCC3)ccc2N2CCCCC2)cc1OC. The fraction of sp³-hybridized carbons (Fsp3) is 0.444. The van der Waals surface area contributed by atoms with Gasteiger partial charge in [0.1, 0.15) is 0 Å². The molecule has 2 fully saturated rings. The molecule has 9 heteroatoms. The summed E-state index contributed by atoms with van der Waals surface area (Å²) < 4.78 is 38.7. The molecule has 0 spiro atoms. The second-order valence-electron chi connectivity index (χ2n) is 9.13. The van der Waals surface area contributed by atoms with Gasteiger partial charge in [-0.05, 0) is 74.1 Å². The van der Waals surface area contributed by atoms with E-state index in [2.05, 4.69) is 10.2 Å². The largest absolute Gasteiger partial charge is 0.493 e. The van der Waals surface area contributed by atoms with Crippen molar-refractivity contribution in [2.45, 2.75) is 43.4 Å². The van der Waals surface area contributed by atoms with Crippen LogP contribution < -0.4 is 19.7 Å². The van der Waals surface area contributed by atoms with Crippen molar-refractivity contribution in [2.75, 3.05) is 50.6 Å². The molecule has 194 valence electrons. The maximum Gasteiger partial charge on any atom is 0.248 e. The van der Waals surface area contributed by atoms with Crippen LogP contribution in [-0.4, -0.2) is 59.0 Å². The van der Waals surface area contributed by atoms with E-state index in [1.54, 1.807) is 48.9 Å². The van der Waals surface area contributed by atoms with Crippen molar-refractivity contribution in [3.63, 3.8) is 0 Å². The summed E-state index contributed by atoms with van der Waals surface area (Å²) in [5.41, 5.74) is 2.14. The number of benzene rings is 2. The predicted molar refractivity (Wildman–Crippen MR) is 142 cm³/mol. The molecule has 2 aromatic rings. The summed E-state index contributed by atoms with van der Waals surface area (Å²) in [4.78, 5) is 15.4. The van der Waals surface area contributed by atoms with Crippen LogP contribution in [-0.2, 0) is 14.8 Å². The third kappa shape index (κ3) is 6.02. The Morgan fingerprint density at radius 2 is 1.53 bits per heavy atom. The number of carbonyl (C=O) groups excluding carboxylic acids is 1. The van der Waals surface area contributed by atoms with Gasteiger partial charge in [-0.15, -0.1) is 0 Å². The van der Waals surface area contributed by atoms with E-state index in [0.29, 0.717) is 30.3 Å². The first-order chi connectivity index (χ1) is 17.4. The number of anilines is 2. The molecule has 2 aromatic carbocycles. The van der Waals surface area contributed by atoms with E-state index in [1.165, 1.54) is 12.5 Å². The zero-order chi connectivity index (χ0) is 25.5. The third-order valence-electron chi connectivity index (χ3n) is 6.71. The van der Waals surface area contributed by atoms with Crippen LogP contribution in [0.25, 0.3) is 6.08 Å². The predicted octanol–water partition coefficient (Wildman–Crippen LogP) is 4.52. The summed E-state index contributed by atoms with van der Waals surface area (Å²) in [5.74, 6) is 0.843. The molecule has 2 aliphatic heterocycles. The van der Waals surface area contributed by atoms with Crippen molar-refractivity contribution >= 4 is 33.4 Å². The number of ether oxygens (including phenoxy) is 2. The number of hydrogen-bond acceptors (Lipinski definition) is 6. The van der Waals surface area contributed by atoms with Gasteiger partial charge in [-0.3, -0.25) is 4.79 Å². The van der Waals surface area contributed by atoms with Crippen LogP contribution in [0.4, 0.5) is 11.4 Å². The topological polar surface area (TPSA) is 88.2 Å². The fourth-order valence-corrected chi connectivity index (χ4v) is 6.29. The highest BCUT2D eigenvalue weighted by Gasteiger charge is 2.27. The Morgan fingerprint density at radius 1 is 0.861 bits per heavy atom. The zero-order valence-corrected chi connectivity index (χ0v) is 21.9. The number of amides is 1. The Morgan fingerprint density at radius 3 is 2.19 bits per heavy atom. The van der Waals surface area contributed by atoms with Gasteiger partial charge in [-0.1, -0.05) is 12.5 Å². The Kier molecular flexibility index (Phi) is 8.53. The van der Waals surface area contributed by atoms with Crippen LogP contribution in [0, 0.1) is 0 Å². The first kappa shape index (κ1) is 26.0. The first-order valence-corrected chi connectivity index (χ1v) is 14.0. The molecule has 0 aliphatic carbocycles. The highest BCUT2D eigenvalue weighted by atomic mass is 32.2. The van der Waals surface area contributed by atoms with Crippen molar-refractivity contribution in [3.8, 4) is 11.5 Å². The molecule has 1 amide bonds. The number of methoxy groups -OCH3 is 2. The van der Waals surface area contributed by atoms with Crippen molar-refractivity contribution < 1.29 is 22.7 Å². The monoisotopic (exact) mass is 513 g/mol. The van der Waals surface area contributed by atoms with Gasteiger partial charge in [-0.2, -0.15) is 4.31 Å². The summed E-state index contributed by atoms with van der Waals surface area (Å²) in [7, 11) is -0.487. The average molecular weight is 514 g/mol. The fourth-order valence-electron chi connectivity index (χ4n) is 4.74. The third-order valence-corrected chi connectivity index (χ3v) is 8.60. The van der Waals surface area contributed by atoms with Crippen LogP contribution >= 0.6 is 0 Å². The van der Waals surface area contributed by atoms with Gasteiger partial charge in [0.2, 0.25) is 15.9 Å². The molecule has 0 radical (unpaired) electrons. The van der Waals surface area contributed by atoms with Crippen molar-refractivity contribution in [2.24, 2.45) is 0 Å². The van der Waals surface area contributed by atoms with Crippen molar-refractivity contribution in [1.82, 2.24) is 4.31 Å². The molecule has 2 heterocycles. The molecule has 8 nitrogen and oxygen atoms in total. The van der Waals surface area contributed by atoms with Gasteiger partial charge in [0, 0.05) is 32.3 Å². The van der Waals surface area contributed by atoms with E-state index in [1.807, 2.05) is 12.1 Å². The Balaban J connectivity index is 1.59. The number of hydrogen-bond donors (Lipinski definition) is 1. The Hall–Kier alpha value is -3.04. The lowest BCUT2D eigenvalue weighted by Gasteiger charge is -2.31. The maximum absolute atomic E-state index is 13.3. The van der Waals surface area contributed by atoms with E-state index < -0.39 is 10.0 Å². The van der Waals surface area contributed by atoms with Crippen LogP contribution in [0.2, 0.25) is 0 Å². The minimum absolute atomic E-state index is 0.212. The second kappa shape index (κ2) is 11.8. The molecule has 1 N–H and O–H groups in total. The van der Waals surface area contributed by atoms with E-state index >= 15 is 0 Å². The minimum atomic E-state index is -3.62. The summed E-state index contributed by atoms with van der Waals surface area (Å²) in [6.07, 6.45) is 9.23. The molecule has 0 atom stereocenters. The number of rotatable bonds is 8. The zero-order valence-electron chi connectivity index (χ0n) is 21.0. The molecular formula is C27H35N3O5S. The second-order valence-corrected chi connectivity index (χ2v) is 11.1. The molecular weight excluding hydrogens is 478 g/mol. The summed E-state index contributed by atoms with van der Waals surface area (Å²) in [6, 6.07) is 10.5. The van der Waals surface area contributed by atoms with Crippen molar-refractivity contribution in [3.05, 3.63) is 48.0 Å². The number of nitrogens with zero attached hydrogens (tertiary/aromatic N) is 2. The Bertz CT molecular complexity index is 1200. The van der Waals surface area contributed by atoms with E-state index in [-0.39, 0.29) is 10.8 Å². The van der Waals surface area contributed by atoms with E-state index in [9.17, 15) is 13.2 Å². The van der Waals surface area contributed by atoms with E-state index in [0.717, 1.165) is 56.4 Å². The summed E-state index contributed by atoms with van der Waals surface area (Å²) in [6.45, 7) is 2.82. The highest BCUT2D eigenvalue weighted by Crippen LogP contribution is 2.33.